The van der Waals surface area contributed by atoms with Gasteiger partial charge >= 0.3 is 0 Å². The molecule has 5 nitrogen and oxygen atoms in total. The maximum atomic E-state index is 7.04. The van der Waals surface area contributed by atoms with Crippen molar-refractivity contribution in [3.63, 3.8) is 0 Å². The van der Waals surface area contributed by atoms with Crippen LogP contribution in [0.25, 0.3) is 101 Å². The summed E-state index contributed by atoms with van der Waals surface area (Å²) in [5.74, 6) is 2.69. The fraction of sp³-hybridized carbons (Fsp3) is 0. The zero-order chi connectivity index (χ0) is 36.6. The second kappa shape index (κ2) is 13.8. The molecule has 0 fully saturated rings. The molecule has 0 aliphatic rings. The van der Waals surface area contributed by atoms with Gasteiger partial charge in [0.05, 0.1) is 16.6 Å². The van der Waals surface area contributed by atoms with Crippen LogP contribution < -0.4 is 0 Å². The summed E-state index contributed by atoms with van der Waals surface area (Å²) in [5, 5.41) is 1.93. The third kappa shape index (κ3) is 6.04. The van der Waals surface area contributed by atoms with Crippen molar-refractivity contribution in [3.8, 4) is 79.0 Å². The van der Waals surface area contributed by atoms with Crippen LogP contribution in [0.15, 0.2) is 199 Å². The number of fused-ring (bicyclic) bond motifs is 3. The molecule has 0 N–H and O–H groups in total. The normalized spacial score (nSPS) is 11.3. The number of benzene rings is 7. The summed E-state index contributed by atoms with van der Waals surface area (Å²) >= 11 is 0. The van der Waals surface area contributed by atoms with E-state index in [1.165, 1.54) is 0 Å². The van der Waals surface area contributed by atoms with Gasteiger partial charge < -0.3 is 4.42 Å². The first-order valence-corrected chi connectivity index (χ1v) is 18.3. The lowest BCUT2D eigenvalue weighted by molar-refractivity contribution is 0.636. The Morgan fingerprint density at radius 3 is 1.36 bits per heavy atom. The van der Waals surface area contributed by atoms with Crippen LogP contribution in [-0.4, -0.2) is 19.9 Å². The molecule has 0 bridgehead atoms. The van der Waals surface area contributed by atoms with E-state index in [9.17, 15) is 0 Å². The predicted octanol–water partition coefficient (Wildman–Crippen LogP) is 12.8. The predicted molar refractivity (Wildman–Crippen MR) is 223 cm³/mol. The van der Waals surface area contributed by atoms with E-state index in [2.05, 4.69) is 115 Å². The summed E-state index contributed by atoms with van der Waals surface area (Å²) < 4.78 is 7.04. The number of hydrogen-bond acceptors (Lipinski definition) is 5. The van der Waals surface area contributed by atoms with Crippen LogP contribution in [-0.2, 0) is 0 Å². The minimum Gasteiger partial charge on any atom is -0.455 e. The highest BCUT2D eigenvalue weighted by Gasteiger charge is 2.24. The van der Waals surface area contributed by atoms with Crippen molar-refractivity contribution in [2.24, 2.45) is 0 Å². The Morgan fingerprint density at radius 1 is 0.327 bits per heavy atom. The molecule has 0 saturated carbocycles. The van der Waals surface area contributed by atoms with Crippen molar-refractivity contribution in [3.05, 3.63) is 194 Å². The summed E-state index contributed by atoms with van der Waals surface area (Å²) in [5.41, 5.74) is 11.5. The van der Waals surface area contributed by atoms with Gasteiger partial charge in [0.25, 0.3) is 0 Å². The van der Waals surface area contributed by atoms with Crippen molar-refractivity contribution < 1.29 is 4.42 Å². The third-order valence-corrected chi connectivity index (χ3v) is 9.92. The van der Waals surface area contributed by atoms with E-state index in [1.54, 1.807) is 0 Å². The van der Waals surface area contributed by atoms with Gasteiger partial charge in [-0.25, -0.2) is 19.9 Å². The first-order valence-electron chi connectivity index (χ1n) is 18.3. The van der Waals surface area contributed by atoms with Crippen LogP contribution in [0.1, 0.15) is 0 Å². The summed E-state index contributed by atoms with van der Waals surface area (Å²) in [7, 11) is 0. The molecule has 5 heteroatoms. The van der Waals surface area contributed by atoms with Crippen LogP contribution in [0.4, 0.5) is 0 Å². The zero-order valence-corrected chi connectivity index (χ0v) is 29.7. The van der Waals surface area contributed by atoms with Gasteiger partial charge in [-0.1, -0.05) is 176 Å². The highest BCUT2D eigenvalue weighted by Crippen LogP contribution is 2.47. The van der Waals surface area contributed by atoms with Crippen LogP contribution >= 0.6 is 0 Å². The van der Waals surface area contributed by atoms with Gasteiger partial charge in [-0.05, 0) is 34.9 Å². The summed E-state index contributed by atoms with van der Waals surface area (Å²) in [6, 6.07) is 66.1. The maximum absolute atomic E-state index is 7.04. The number of aromatic nitrogens is 4. The average molecular weight is 705 g/mol. The quantitative estimate of drug-likeness (QED) is 0.165. The molecule has 10 rings (SSSR count). The molecule has 0 saturated heterocycles. The molecule has 10 aromatic rings. The highest BCUT2D eigenvalue weighted by molar-refractivity contribution is 6.17. The largest absolute Gasteiger partial charge is 0.455 e. The number of nitrogens with zero attached hydrogens (tertiary/aromatic N) is 4. The number of hydrogen-bond donors (Lipinski definition) is 0. The Kier molecular flexibility index (Phi) is 8.08. The smallest absolute Gasteiger partial charge is 0.164 e. The lowest BCUT2D eigenvalue weighted by Crippen LogP contribution is -2.00. The Hall–Kier alpha value is -7.50. The molecule has 0 spiro atoms. The molecule has 0 atom stereocenters. The van der Waals surface area contributed by atoms with Gasteiger partial charge in [-0.15, -0.1) is 0 Å². The average Bonchev–Trinajstić information content (AvgIpc) is 3.69. The summed E-state index contributed by atoms with van der Waals surface area (Å²) in [4.78, 5) is 20.2. The summed E-state index contributed by atoms with van der Waals surface area (Å²) in [6.07, 6.45) is 0. The van der Waals surface area contributed by atoms with Crippen molar-refractivity contribution in [1.82, 2.24) is 19.9 Å². The fourth-order valence-electron chi connectivity index (χ4n) is 7.27. The molecule has 3 heterocycles. The molecule has 0 aliphatic heterocycles. The van der Waals surface area contributed by atoms with Gasteiger partial charge in [-0.2, -0.15) is 0 Å². The first kappa shape index (κ1) is 32.2. The monoisotopic (exact) mass is 704 g/mol. The van der Waals surface area contributed by atoms with Gasteiger partial charge in [-0.3, -0.25) is 0 Å². The van der Waals surface area contributed by atoms with Crippen LogP contribution in [0.3, 0.4) is 0 Å². The van der Waals surface area contributed by atoms with E-state index in [1.807, 2.05) is 78.9 Å². The Balaban J connectivity index is 1.17. The molecular weight excluding hydrogens is 673 g/mol. The Morgan fingerprint density at radius 2 is 0.782 bits per heavy atom. The van der Waals surface area contributed by atoms with E-state index in [0.29, 0.717) is 17.5 Å². The molecule has 258 valence electrons. The van der Waals surface area contributed by atoms with E-state index in [0.717, 1.165) is 83.4 Å². The Labute approximate surface area is 318 Å². The SMILES string of the molecule is c1ccc(-c2nc(-c3ccccc3)nc(-c3cccc(-c4ccc5nc(-c6ccccc6)c6c(-c7ccccc7)c(-c7ccccc7)oc6c5c4)c3)n2)cc1. The molecule has 0 amide bonds. The zero-order valence-electron chi connectivity index (χ0n) is 29.7. The maximum Gasteiger partial charge on any atom is 0.164 e. The van der Waals surface area contributed by atoms with Crippen molar-refractivity contribution >= 4 is 21.9 Å². The van der Waals surface area contributed by atoms with Crippen LogP contribution in [0.2, 0.25) is 0 Å². The minimum atomic E-state index is 0.609. The van der Waals surface area contributed by atoms with Gasteiger partial charge in [0.1, 0.15) is 11.3 Å². The van der Waals surface area contributed by atoms with Crippen molar-refractivity contribution in [2.75, 3.05) is 0 Å². The molecular formula is C50H32N4O. The lowest BCUT2D eigenvalue weighted by Gasteiger charge is -2.11. The number of pyridine rings is 1. The first-order chi connectivity index (χ1) is 27.3. The van der Waals surface area contributed by atoms with E-state index >= 15 is 0 Å². The highest BCUT2D eigenvalue weighted by atomic mass is 16.3. The molecule has 3 aromatic heterocycles. The Bertz CT molecular complexity index is 2890. The summed E-state index contributed by atoms with van der Waals surface area (Å²) in [6.45, 7) is 0. The standard InChI is InChI=1S/C50H32N4O/c1-6-17-33(18-7-1)43-44-45(34-19-8-2-9-20-34)51-42-30-29-39(32-41(42)47(44)55-46(43)35-21-10-3-11-22-35)38-27-16-28-40(31-38)50-53-48(36-23-12-4-13-24-36)52-49(54-50)37-25-14-5-15-26-37/h1-32H. The number of rotatable bonds is 7. The van der Waals surface area contributed by atoms with Crippen molar-refractivity contribution in [2.45, 2.75) is 0 Å². The second-order valence-electron chi connectivity index (χ2n) is 13.4. The third-order valence-electron chi connectivity index (χ3n) is 9.92. The van der Waals surface area contributed by atoms with E-state index in [-0.39, 0.29) is 0 Å². The molecule has 0 unspecified atom stereocenters. The van der Waals surface area contributed by atoms with E-state index < -0.39 is 0 Å². The molecule has 7 aromatic carbocycles. The fourth-order valence-corrected chi connectivity index (χ4v) is 7.27. The van der Waals surface area contributed by atoms with Crippen molar-refractivity contribution in [1.29, 1.82) is 0 Å². The number of furan rings is 1. The van der Waals surface area contributed by atoms with Gasteiger partial charge in [0, 0.05) is 38.8 Å². The molecule has 0 radical (unpaired) electrons. The van der Waals surface area contributed by atoms with Gasteiger partial charge in [0.2, 0.25) is 0 Å². The molecule has 0 aliphatic carbocycles. The minimum absolute atomic E-state index is 0.609. The van der Waals surface area contributed by atoms with Crippen LogP contribution in [0.5, 0.6) is 0 Å². The van der Waals surface area contributed by atoms with Gasteiger partial charge in [0.15, 0.2) is 17.5 Å². The lowest BCUT2D eigenvalue weighted by atomic mass is 9.94. The second-order valence-corrected chi connectivity index (χ2v) is 13.4. The van der Waals surface area contributed by atoms with E-state index in [4.69, 9.17) is 24.4 Å². The van der Waals surface area contributed by atoms with Crippen LogP contribution in [0, 0.1) is 0 Å². The topological polar surface area (TPSA) is 64.7 Å². The molecule has 55 heavy (non-hydrogen) atoms.